The van der Waals surface area contributed by atoms with E-state index in [1.165, 1.54) is 12.1 Å². The molecule has 4 aliphatic heterocycles. The first-order chi connectivity index (χ1) is 20.8. The van der Waals surface area contributed by atoms with Gasteiger partial charge in [0.25, 0.3) is 0 Å². The van der Waals surface area contributed by atoms with Gasteiger partial charge in [0.05, 0.1) is 41.1 Å². The van der Waals surface area contributed by atoms with E-state index >= 15 is 4.39 Å². The molecule has 43 heavy (non-hydrogen) atoms. The molecule has 0 aliphatic carbocycles. The summed E-state index contributed by atoms with van der Waals surface area (Å²) in [5, 5.41) is 10.7. The average molecular weight is 672 g/mol. The minimum absolute atomic E-state index is 0.0193. The molecule has 222 valence electrons. The molecule has 8 nitrogen and oxygen atoms in total. The number of aromatic nitrogens is 2. The lowest BCUT2D eigenvalue weighted by molar-refractivity contribution is 0.00977. The highest BCUT2D eigenvalue weighted by Gasteiger charge is 2.50. The third kappa shape index (κ3) is 4.06. The molecule has 2 aromatic carbocycles. The van der Waals surface area contributed by atoms with Crippen molar-refractivity contribution in [1.82, 2.24) is 14.9 Å². The molecule has 13 heteroatoms. The number of nitrogens with zero attached hydrogens (tertiary/aromatic N) is 5. The number of morpholine rings is 1. The molecule has 0 radical (unpaired) electrons. The zero-order valence-corrected chi connectivity index (χ0v) is 25.3. The third-order valence-corrected chi connectivity index (χ3v) is 11.1. The number of hydrogen-bond donors (Lipinski definition) is 1. The van der Waals surface area contributed by atoms with Crippen LogP contribution in [0.4, 0.5) is 24.0 Å². The van der Waals surface area contributed by atoms with Crippen molar-refractivity contribution in [2.24, 2.45) is 0 Å². The van der Waals surface area contributed by atoms with Crippen LogP contribution in [-0.2, 0) is 4.74 Å². The van der Waals surface area contributed by atoms with Crippen LogP contribution in [0.5, 0.6) is 6.01 Å². The predicted molar refractivity (Wildman–Crippen MR) is 161 cm³/mol. The van der Waals surface area contributed by atoms with Gasteiger partial charge in [0.1, 0.15) is 41.0 Å². The van der Waals surface area contributed by atoms with Crippen molar-refractivity contribution in [2.45, 2.75) is 49.5 Å². The Morgan fingerprint density at radius 3 is 2.84 bits per heavy atom. The highest BCUT2D eigenvalue weighted by molar-refractivity contribution is 9.10. The van der Waals surface area contributed by atoms with Gasteiger partial charge in [-0.2, -0.15) is 15.2 Å². The first-order valence-corrected chi connectivity index (χ1v) is 15.9. The van der Waals surface area contributed by atoms with Crippen LogP contribution in [0.3, 0.4) is 0 Å². The minimum atomic E-state index is -0.910. The molecule has 0 amide bonds. The number of hydrogen-bond acceptors (Lipinski definition) is 9. The number of anilines is 2. The number of benzene rings is 2. The Kier molecular flexibility index (Phi) is 6.31. The summed E-state index contributed by atoms with van der Waals surface area (Å²) < 4.78 is 58.6. The average Bonchev–Trinajstić information content (AvgIpc) is 3.63. The van der Waals surface area contributed by atoms with Gasteiger partial charge < -0.3 is 20.1 Å². The molecule has 4 aliphatic rings. The fourth-order valence-electron chi connectivity index (χ4n) is 7.51. The number of rotatable bonds is 5. The van der Waals surface area contributed by atoms with Crippen molar-refractivity contribution >= 4 is 59.1 Å². The summed E-state index contributed by atoms with van der Waals surface area (Å²) >= 11 is 4.52. The molecule has 6 heterocycles. The Labute approximate surface area is 257 Å². The van der Waals surface area contributed by atoms with Gasteiger partial charge >= 0.3 is 6.01 Å². The van der Waals surface area contributed by atoms with E-state index in [-0.39, 0.29) is 56.4 Å². The van der Waals surface area contributed by atoms with E-state index in [9.17, 15) is 14.0 Å². The maximum Gasteiger partial charge on any atom is 0.319 e. The largest absolute Gasteiger partial charge is 0.461 e. The zero-order chi connectivity index (χ0) is 29.6. The lowest BCUT2D eigenvalue weighted by Crippen LogP contribution is -2.64. The van der Waals surface area contributed by atoms with Crippen molar-refractivity contribution in [2.75, 3.05) is 43.5 Å². The summed E-state index contributed by atoms with van der Waals surface area (Å²) in [6.45, 7) is 2.50. The Morgan fingerprint density at radius 2 is 2.07 bits per heavy atom. The highest BCUT2D eigenvalue weighted by Crippen LogP contribution is 2.47. The van der Waals surface area contributed by atoms with Crippen LogP contribution in [0, 0.1) is 23.0 Å². The van der Waals surface area contributed by atoms with Gasteiger partial charge in [-0.3, -0.25) is 4.90 Å². The van der Waals surface area contributed by atoms with Gasteiger partial charge in [-0.05, 0) is 43.5 Å². The van der Waals surface area contributed by atoms with Crippen molar-refractivity contribution in [3.8, 4) is 23.2 Å². The second kappa shape index (κ2) is 9.92. The molecule has 2 aromatic heterocycles. The highest BCUT2D eigenvalue weighted by atomic mass is 79.9. The Bertz CT molecular complexity index is 1850. The number of halogens is 4. The van der Waals surface area contributed by atoms with E-state index in [1.54, 1.807) is 6.07 Å². The number of alkyl halides is 1. The Morgan fingerprint density at radius 1 is 1.26 bits per heavy atom. The first kappa shape index (κ1) is 27.4. The molecule has 8 rings (SSSR count). The van der Waals surface area contributed by atoms with E-state index < -0.39 is 23.3 Å². The molecule has 2 N–H and O–H groups in total. The van der Waals surface area contributed by atoms with Crippen molar-refractivity contribution in [3.63, 3.8) is 0 Å². The maximum absolute atomic E-state index is 16.8. The summed E-state index contributed by atoms with van der Waals surface area (Å²) in [4.78, 5) is 13.7. The van der Waals surface area contributed by atoms with E-state index in [2.05, 4.69) is 36.8 Å². The zero-order valence-electron chi connectivity index (χ0n) is 22.9. The van der Waals surface area contributed by atoms with Crippen LogP contribution < -0.4 is 15.4 Å². The summed E-state index contributed by atoms with van der Waals surface area (Å²) in [5.74, 6) is -0.649. The topological polar surface area (TPSA) is 101 Å². The Hall–Kier alpha value is -3.18. The number of nitriles is 1. The van der Waals surface area contributed by atoms with Crippen LogP contribution in [0.25, 0.3) is 32.1 Å². The van der Waals surface area contributed by atoms with Gasteiger partial charge in [0, 0.05) is 33.8 Å². The van der Waals surface area contributed by atoms with E-state index in [0.29, 0.717) is 47.4 Å². The van der Waals surface area contributed by atoms with E-state index in [4.69, 9.17) is 20.2 Å². The second-order valence-corrected chi connectivity index (χ2v) is 13.8. The fourth-order valence-corrected chi connectivity index (χ4v) is 9.07. The van der Waals surface area contributed by atoms with Gasteiger partial charge in [-0.25, -0.2) is 13.2 Å². The molecule has 2 unspecified atom stereocenters. The summed E-state index contributed by atoms with van der Waals surface area (Å²) in [6.07, 6.45) is 2.21. The van der Waals surface area contributed by atoms with Gasteiger partial charge in [-0.1, -0.05) is 22.0 Å². The quantitative estimate of drug-likeness (QED) is 0.279. The molecular formula is C30H26BrF3N6O2S. The third-order valence-electron chi connectivity index (χ3n) is 9.47. The number of thiophene rings is 1. The molecule has 4 saturated heterocycles. The molecular weight excluding hydrogens is 645 g/mol. The number of nitrogen functional groups attached to an aromatic ring is 1. The van der Waals surface area contributed by atoms with Crippen LogP contribution in [0.15, 0.2) is 22.7 Å². The second-order valence-electron chi connectivity index (χ2n) is 11.9. The van der Waals surface area contributed by atoms with Gasteiger partial charge in [0.15, 0.2) is 5.82 Å². The standard InChI is InChI=1S/C30H26BrF3N6O2S/c31-20-7-18-25(24(34)23(20)17-2-3-21(33)26-22(17)19(9-35)27(36)43-26)37-29(38-28(18)40-15-6-16(40)12-41-11-15)42-13-30-4-1-5-39(30)10-14(32)8-30/h2-3,7,14-16H,1,4-6,8,10-13,36H2/t14-,15?,16?,30+/m1/s1. The van der Waals surface area contributed by atoms with E-state index in [1.807, 2.05) is 0 Å². The van der Waals surface area contributed by atoms with Crippen molar-refractivity contribution in [3.05, 3.63) is 39.9 Å². The summed E-state index contributed by atoms with van der Waals surface area (Å²) in [6, 6.07) is 6.74. The minimum Gasteiger partial charge on any atom is -0.461 e. The molecule has 0 saturated carbocycles. The van der Waals surface area contributed by atoms with Crippen molar-refractivity contribution in [1.29, 1.82) is 5.26 Å². The molecule has 4 aromatic rings. The van der Waals surface area contributed by atoms with Gasteiger partial charge in [-0.15, -0.1) is 11.3 Å². The maximum atomic E-state index is 16.8. The number of nitrogens with two attached hydrogens (primary N) is 1. The fraction of sp³-hybridized carbons (Fsp3) is 0.433. The molecule has 2 bridgehead atoms. The molecule has 0 spiro atoms. The van der Waals surface area contributed by atoms with Gasteiger partial charge in [0.2, 0.25) is 0 Å². The predicted octanol–water partition coefficient (Wildman–Crippen LogP) is 5.94. The molecule has 4 atom stereocenters. The lowest BCUT2D eigenvalue weighted by atomic mass is 9.90. The smallest absolute Gasteiger partial charge is 0.319 e. The molecule has 4 fully saturated rings. The van der Waals surface area contributed by atoms with Crippen LogP contribution >= 0.6 is 27.3 Å². The normalized spacial score (nSPS) is 26.6. The number of ether oxygens (including phenoxy) is 2. The van der Waals surface area contributed by atoms with E-state index in [0.717, 1.165) is 37.1 Å². The lowest BCUT2D eigenvalue weighted by Gasteiger charge is -2.53. The Balaban J connectivity index is 1.30. The first-order valence-electron chi connectivity index (χ1n) is 14.3. The summed E-state index contributed by atoms with van der Waals surface area (Å²) in [7, 11) is 0. The van der Waals surface area contributed by atoms with Crippen LogP contribution in [0.2, 0.25) is 0 Å². The van der Waals surface area contributed by atoms with Crippen LogP contribution in [-0.4, -0.2) is 71.6 Å². The summed E-state index contributed by atoms with van der Waals surface area (Å²) in [5.41, 5.74) is 6.23. The SMILES string of the molecule is N#Cc1c(N)sc2c(F)ccc(-c3c(Br)cc4c(N5C6COCC5C6)nc(OC[C@@]56CCCN5C[C@H](F)C6)nc4c3F)c12. The van der Waals surface area contributed by atoms with Crippen molar-refractivity contribution < 1.29 is 22.6 Å². The number of fused-ring (bicyclic) bond motifs is 5. The monoisotopic (exact) mass is 670 g/mol. The van der Waals surface area contributed by atoms with Crippen LogP contribution in [0.1, 0.15) is 31.2 Å².